The zero-order valence-corrected chi connectivity index (χ0v) is 11.2. The van der Waals surface area contributed by atoms with E-state index < -0.39 is 0 Å². The smallest absolute Gasteiger partial charge is 0.107 e. The van der Waals surface area contributed by atoms with E-state index in [4.69, 9.17) is 18.0 Å². The summed E-state index contributed by atoms with van der Waals surface area (Å²) in [6, 6.07) is 2.02. The number of nitrogens with two attached hydrogens (primary N) is 1. The summed E-state index contributed by atoms with van der Waals surface area (Å²) in [6.07, 6.45) is 4.01. The minimum Gasteiger partial charge on any atom is -0.389 e. The maximum atomic E-state index is 5.76. The Morgan fingerprint density at radius 3 is 2.82 bits per heavy atom. The van der Waals surface area contributed by atoms with Crippen LogP contribution in [-0.4, -0.2) is 16.5 Å². The highest BCUT2D eigenvalue weighted by atomic mass is 32.1. The zero-order valence-electron chi connectivity index (χ0n) is 10.4. The molecule has 0 aromatic carbocycles. The molecular formula is C13H19N3S. The third kappa shape index (κ3) is 3.16. The molecule has 1 heterocycles. The average Bonchev–Trinajstić information content (AvgIpc) is 2.99. The zero-order chi connectivity index (χ0) is 12.4. The number of rotatable bonds is 5. The van der Waals surface area contributed by atoms with Crippen molar-refractivity contribution in [2.75, 3.05) is 11.9 Å². The molecular weight excluding hydrogens is 230 g/mol. The molecule has 3 N–H and O–H groups in total. The Morgan fingerprint density at radius 1 is 1.53 bits per heavy atom. The molecule has 0 saturated heterocycles. The monoisotopic (exact) mass is 249 g/mol. The predicted octanol–water partition coefficient (Wildman–Crippen LogP) is 2.54. The summed E-state index contributed by atoms with van der Waals surface area (Å²) in [7, 11) is 0. The first-order valence-corrected chi connectivity index (χ1v) is 6.50. The number of hydrogen-bond acceptors (Lipinski definition) is 3. The van der Waals surface area contributed by atoms with E-state index in [0.29, 0.717) is 4.99 Å². The van der Waals surface area contributed by atoms with Crippen LogP contribution >= 0.6 is 12.2 Å². The van der Waals surface area contributed by atoms with Gasteiger partial charge in [0.05, 0.1) is 5.56 Å². The normalized spacial score (nSPS) is 14.7. The van der Waals surface area contributed by atoms with E-state index in [0.717, 1.165) is 35.1 Å². The molecule has 0 spiro atoms. The molecule has 0 atom stereocenters. The van der Waals surface area contributed by atoms with Crippen LogP contribution < -0.4 is 11.1 Å². The van der Waals surface area contributed by atoms with Crippen LogP contribution in [0, 0.1) is 19.8 Å². The van der Waals surface area contributed by atoms with E-state index in [1.807, 2.05) is 19.9 Å². The number of pyridine rings is 1. The minimum atomic E-state index is 0.420. The van der Waals surface area contributed by atoms with Gasteiger partial charge in [-0.2, -0.15) is 0 Å². The highest BCUT2D eigenvalue weighted by Gasteiger charge is 2.20. The van der Waals surface area contributed by atoms with E-state index in [9.17, 15) is 0 Å². The quantitative estimate of drug-likeness (QED) is 0.787. The lowest BCUT2D eigenvalue weighted by Crippen LogP contribution is -2.17. The average molecular weight is 249 g/mol. The number of anilines is 1. The first kappa shape index (κ1) is 12.3. The van der Waals surface area contributed by atoms with E-state index in [1.54, 1.807) is 0 Å². The number of aromatic nitrogens is 1. The molecule has 0 aliphatic heterocycles. The summed E-state index contributed by atoms with van der Waals surface area (Å²) in [5.41, 5.74) is 9.59. The number of nitrogens with one attached hydrogen (secondary N) is 1. The Balaban J connectivity index is 2.14. The largest absolute Gasteiger partial charge is 0.389 e. The molecule has 1 aliphatic rings. The van der Waals surface area contributed by atoms with Gasteiger partial charge in [-0.3, -0.25) is 4.98 Å². The summed E-state index contributed by atoms with van der Waals surface area (Å²) >= 11 is 5.09. The Labute approximate surface area is 108 Å². The van der Waals surface area contributed by atoms with Crippen LogP contribution in [-0.2, 0) is 0 Å². The van der Waals surface area contributed by atoms with Gasteiger partial charge in [-0.15, -0.1) is 0 Å². The lowest BCUT2D eigenvalue weighted by Gasteiger charge is -2.14. The molecule has 17 heavy (non-hydrogen) atoms. The van der Waals surface area contributed by atoms with Gasteiger partial charge < -0.3 is 11.1 Å². The molecule has 0 unspecified atom stereocenters. The number of aryl methyl sites for hydroxylation is 2. The highest BCUT2D eigenvalue weighted by Crippen LogP contribution is 2.32. The van der Waals surface area contributed by atoms with Gasteiger partial charge in [-0.25, -0.2) is 0 Å². The predicted molar refractivity (Wildman–Crippen MR) is 75.4 cm³/mol. The summed E-state index contributed by atoms with van der Waals surface area (Å²) in [5, 5.41) is 3.44. The van der Waals surface area contributed by atoms with E-state index >= 15 is 0 Å². The Hall–Kier alpha value is -1.16. The van der Waals surface area contributed by atoms with Crippen molar-refractivity contribution in [3.8, 4) is 0 Å². The van der Waals surface area contributed by atoms with Crippen LogP contribution in [0.25, 0.3) is 0 Å². The molecule has 92 valence electrons. The molecule has 2 rings (SSSR count). The van der Waals surface area contributed by atoms with Gasteiger partial charge >= 0.3 is 0 Å². The van der Waals surface area contributed by atoms with Crippen LogP contribution in [0.2, 0.25) is 0 Å². The molecule has 0 bridgehead atoms. The SMILES string of the molecule is Cc1cc(NCCC2CC2)c(C(N)=S)c(C)n1. The fourth-order valence-corrected chi connectivity index (χ4v) is 2.35. The molecule has 1 aromatic rings. The van der Waals surface area contributed by atoms with Gasteiger partial charge in [0.25, 0.3) is 0 Å². The van der Waals surface area contributed by atoms with Crippen molar-refractivity contribution < 1.29 is 0 Å². The molecule has 1 fully saturated rings. The van der Waals surface area contributed by atoms with Crippen molar-refractivity contribution in [1.29, 1.82) is 0 Å². The maximum Gasteiger partial charge on any atom is 0.107 e. The minimum absolute atomic E-state index is 0.420. The van der Waals surface area contributed by atoms with Crippen molar-refractivity contribution in [3.05, 3.63) is 23.0 Å². The van der Waals surface area contributed by atoms with Gasteiger partial charge in [0.1, 0.15) is 4.99 Å². The van der Waals surface area contributed by atoms with Gasteiger partial charge in [0, 0.05) is 23.6 Å². The Morgan fingerprint density at radius 2 is 2.24 bits per heavy atom. The fourth-order valence-electron chi connectivity index (χ4n) is 2.10. The summed E-state index contributed by atoms with van der Waals surface area (Å²) in [4.78, 5) is 4.82. The van der Waals surface area contributed by atoms with Crippen molar-refractivity contribution in [2.45, 2.75) is 33.1 Å². The lowest BCUT2D eigenvalue weighted by molar-refractivity contribution is 0.760. The summed E-state index contributed by atoms with van der Waals surface area (Å²) in [5.74, 6) is 0.930. The molecule has 3 nitrogen and oxygen atoms in total. The highest BCUT2D eigenvalue weighted by molar-refractivity contribution is 7.80. The van der Waals surface area contributed by atoms with Crippen LogP contribution in [0.15, 0.2) is 6.07 Å². The number of hydrogen-bond donors (Lipinski definition) is 2. The number of nitrogens with zero attached hydrogens (tertiary/aromatic N) is 1. The second-order valence-corrected chi connectivity index (χ2v) is 5.23. The van der Waals surface area contributed by atoms with E-state index in [1.165, 1.54) is 19.3 Å². The maximum absolute atomic E-state index is 5.76. The standard InChI is InChI=1S/C13H19N3S/c1-8-7-11(15-6-5-10-3-4-10)12(13(14)17)9(2)16-8/h7,10H,3-6H2,1-2H3,(H2,14,17)(H,15,16). The molecule has 1 aromatic heterocycles. The van der Waals surface area contributed by atoms with Gasteiger partial charge in [-0.05, 0) is 32.3 Å². The van der Waals surface area contributed by atoms with Crippen LogP contribution in [0.4, 0.5) is 5.69 Å². The topological polar surface area (TPSA) is 50.9 Å². The van der Waals surface area contributed by atoms with Gasteiger partial charge in [0.2, 0.25) is 0 Å². The second-order valence-electron chi connectivity index (χ2n) is 4.79. The molecule has 1 saturated carbocycles. The molecule has 1 aliphatic carbocycles. The van der Waals surface area contributed by atoms with Gasteiger partial charge in [-0.1, -0.05) is 25.1 Å². The first-order chi connectivity index (χ1) is 8.08. The Bertz CT molecular complexity index is 439. The van der Waals surface area contributed by atoms with Crippen LogP contribution in [0.1, 0.15) is 36.2 Å². The molecule has 4 heteroatoms. The van der Waals surface area contributed by atoms with Crippen LogP contribution in [0.5, 0.6) is 0 Å². The van der Waals surface area contributed by atoms with E-state index in [2.05, 4.69) is 10.3 Å². The molecule has 0 amide bonds. The second kappa shape index (κ2) is 5.00. The lowest BCUT2D eigenvalue weighted by atomic mass is 10.1. The fraction of sp³-hybridized carbons (Fsp3) is 0.538. The van der Waals surface area contributed by atoms with Crippen molar-refractivity contribution in [1.82, 2.24) is 4.98 Å². The molecule has 0 radical (unpaired) electrons. The van der Waals surface area contributed by atoms with Crippen molar-refractivity contribution in [3.63, 3.8) is 0 Å². The van der Waals surface area contributed by atoms with Crippen molar-refractivity contribution in [2.24, 2.45) is 11.7 Å². The third-order valence-corrected chi connectivity index (χ3v) is 3.34. The third-order valence-electron chi connectivity index (χ3n) is 3.14. The summed E-state index contributed by atoms with van der Waals surface area (Å²) < 4.78 is 0. The van der Waals surface area contributed by atoms with Gasteiger partial charge in [0.15, 0.2) is 0 Å². The van der Waals surface area contributed by atoms with Crippen molar-refractivity contribution >= 4 is 22.9 Å². The summed E-state index contributed by atoms with van der Waals surface area (Å²) in [6.45, 7) is 4.93. The van der Waals surface area contributed by atoms with E-state index in [-0.39, 0.29) is 0 Å². The van der Waals surface area contributed by atoms with Crippen LogP contribution in [0.3, 0.4) is 0 Å². The first-order valence-electron chi connectivity index (χ1n) is 6.10. The Kier molecular flexibility index (Phi) is 3.62. The number of thiocarbonyl (C=S) groups is 1.